The van der Waals surface area contributed by atoms with Crippen molar-refractivity contribution in [1.29, 1.82) is 0 Å². The van der Waals surface area contributed by atoms with Gasteiger partial charge in [-0.15, -0.1) is 0 Å². The minimum absolute atomic E-state index is 0.0808. The minimum Gasteiger partial charge on any atom is -0.497 e. The van der Waals surface area contributed by atoms with Crippen LogP contribution in [0.15, 0.2) is 23.1 Å². The monoisotopic (exact) mass is 383 g/mol. The van der Waals surface area contributed by atoms with Crippen molar-refractivity contribution in [3.05, 3.63) is 28.3 Å². The number of benzene rings is 1. The molecular weight excluding hydrogens is 367 g/mol. The molecule has 1 fully saturated rings. The second-order valence-corrected chi connectivity index (χ2v) is 7.23. The summed E-state index contributed by atoms with van der Waals surface area (Å²) in [6, 6.07) is 2.50. The fourth-order valence-electron chi connectivity index (χ4n) is 2.60. The lowest BCUT2D eigenvalue weighted by Gasteiger charge is -2.18. The van der Waals surface area contributed by atoms with Crippen LogP contribution >= 0.6 is 0 Å². The van der Waals surface area contributed by atoms with Gasteiger partial charge in [0.05, 0.1) is 24.6 Å². The van der Waals surface area contributed by atoms with Crippen LogP contribution in [0.5, 0.6) is 5.75 Å². The quantitative estimate of drug-likeness (QED) is 0.590. The van der Waals surface area contributed by atoms with Crippen molar-refractivity contribution < 1.29 is 31.2 Å². The van der Waals surface area contributed by atoms with Crippen LogP contribution in [0.3, 0.4) is 0 Å². The third kappa shape index (κ3) is 5.03. The zero-order valence-electron chi connectivity index (χ0n) is 13.1. The molecule has 8 nitrogen and oxygen atoms in total. The van der Waals surface area contributed by atoms with E-state index in [2.05, 4.69) is 4.72 Å². The first-order chi connectivity index (χ1) is 11.5. The van der Waals surface area contributed by atoms with Gasteiger partial charge in [0.1, 0.15) is 5.75 Å². The molecule has 1 heterocycles. The number of ether oxygens (including phenoxy) is 1. The van der Waals surface area contributed by atoms with Crippen molar-refractivity contribution in [2.45, 2.75) is 23.5 Å². The molecule has 12 heteroatoms. The lowest BCUT2D eigenvalue weighted by atomic mass is 10.3. The first-order valence-corrected chi connectivity index (χ1v) is 8.64. The Morgan fingerprint density at radius 3 is 2.68 bits per heavy atom. The lowest BCUT2D eigenvalue weighted by molar-refractivity contribution is -0.387. The van der Waals surface area contributed by atoms with Crippen LogP contribution in [0.2, 0.25) is 0 Å². The predicted octanol–water partition coefficient (Wildman–Crippen LogP) is 1.52. The van der Waals surface area contributed by atoms with Crippen molar-refractivity contribution in [3.63, 3.8) is 0 Å². The highest BCUT2D eigenvalue weighted by atomic mass is 32.2. The number of halogens is 3. The van der Waals surface area contributed by atoms with Crippen molar-refractivity contribution in [3.8, 4) is 5.75 Å². The smallest absolute Gasteiger partial charge is 0.401 e. The summed E-state index contributed by atoms with van der Waals surface area (Å²) in [5, 5.41) is 11.1. The zero-order valence-corrected chi connectivity index (χ0v) is 13.9. The standard InChI is InChI=1S/C13H16F3N3O5S/c1-24-10-2-3-12(11(6-10)19(20)21)25(22,23)17-9-4-5-18(7-9)8-13(14,15)16/h2-3,6,9,17H,4-5,7-8H2,1H3. The van der Waals surface area contributed by atoms with E-state index >= 15 is 0 Å². The Hall–Kier alpha value is -1.92. The van der Waals surface area contributed by atoms with Crippen molar-refractivity contribution >= 4 is 15.7 Å². The molecule has 0 bridgehead atoms. The summed E-state index contributed by atoms with van der Waals surface area (Å²) in [6.45, 7) is -1.17. The second-order valence-electron chi connectivity index (χ2n) is 5.55. The van der Waals surface area contributed by atoms with Crippen LogP contribution in [0.1, 0.15) is 6.42 Å². The van der Waals surface area contributed by atoms with Gasteiger partial charge in [-0.2, -0.15) is 13.2 Å². The van der Waals surface area contributed by atoms with Crippen LogP contribution < -0.4 is 9.46 Å². The third-order valence-electron chi connectivity index (χ3n) is 3.65. The predicted molar refractivity (Wildman–Crippen MR) is 80.9 cm³/mol. The van der Waals surface area contributed by atoms with Crippen LogP contribution in [-0.2, 0) is 10.0 Å². The van der Waals surface area contributed by atoms with E-state index in [0.29, 0.717) is 0 Å². The molecule has 0 amide bonds. The Bertz CT molecular complexity index is 754. The summed E-state index contributed by atoms with van der Waals surface area (Å²) < 4.78 is 69.0. The zero-order chi connectivity index (χ0) is 18.8. The van der Waals surface area contributed by atoms with E-state index in [1.165, 1.54) is 13.2 Å². The Balaban J connectivity index is 2.16. The SMILES string of the molecule is COc1ccc(S(=O)(=O)NC2CCN(CC(F)(F)F)C2)c([N+](=O)[O-])c1. The molecule has 0 aromatic heterocycles. The van der Waals surface area contributed by atoms with Gasteiger partial charge < -0.3 is 4.74 Å². The number of sulfonamides is 1. The van der Waals surface area contributed by atoms with Crippen LogP contribution in [-0.4, -0.2) is 57.2 Å². The van der Waals surface area contributed by atoms with Crippen LogP contribution in [0, 0.1) is 10.1 Å². The molecule has 1 saturated heterocycles. The number of likely N-dealkylation sites (tertiary alicyclic amines) is 1. The molecule has 25 heavy (non-hydrogen) atoms. The van der Waals surface area contributed by atoms with Gasteiger partial charge in [0.25, 0.3) is 5.69 Å². The summed E-state index contributed by atoms with van der Waals surface area (Å²) in [7, 11) is -2.99. The number of methoxy groups -OCH3 is 1. The number of nitro groups is 1. The number of hydrogen-bond donors (Lipinski definition) is 1. The Morgan fingerprint density at radius 1 is 1.44 bits per heavy atom. The largest absolute Gasteiger partial charge is 0.497 e. The highest BCUT2D eigenvalue weighted by molar-refractivity contribution is 7.89. The average Bonchev–Trinajstić information content (AvgIpc) is 2.90. The third-order valence-corrected chi connectivity index (χ3v) is 5.22. The number of nitrogens with zero attached hydrogens (tertiary/aromatic N) is 2. The molecule has 0 spiro atoms. The molecule has 1 unspecified atom stereocenters. The normalized spacial score (nSPS) is 19.1. The van der Waals surface area contributed by atoms with E-state index < -0.39 is 44.3 Å². The van der Waals surface area contributed by atoms with E-state index in [-0.39, 0.29) is 25.3 Å². The van der Waals surface area contributed by atoms with Gasteiger partial charge in [0, 0.05) is 19.1 Å². The summed E-state index contributed by atoms with van der Waals surface area (Å²) in [6.07, 6.45) is -4.19. The van der Waals surface area contributed by atoms with Gasteiger partial charge in [-0.25, -0.2) is 13.1 Å². The molecule has 0 aliphatic carbocycles. The summed E-state index contributed by atoms with van der Waals surface area (Å²) >= 11 is 0. The van der Waals surface area contributed by atoms with E-state index in [1.807, 2.05) is 0 Å². The minimum atomic E-state index is -4.37. The molecule has 0 saturated carbocycles. The van der Waals surface area contributed by atoms with Gasteiger partial charge in [-0.05, 0) is 18.6 Å². The molecule has 1 aliphatic heterocycles. The second kappa shape index (κ2) is 7.14. The highest BCUT2D eigenvalue weighted by Gasteiger charge is 2.36. The number of nitro benzene ring substituents is 1. The first kappa shape index (κ1) is 19.4. The molecule has 1 aliphatic rings. The number of alkyl halides is 3. The summed E-state index contributed by atoms with van der Waals surface area (Å²) in [4.78, 5) is 10.8. The molecular formula is C13H16F3N3O5S. The van der Waals surface area contributed by atoms with Gasteiger partial charge in [-0.3, -0.25) is 15.0 Å². The van der Waals surface area contributed by atoms with Gasteiger partial charge >= 0.3 is 6.18 Å². The van der Waals surface area contributed by atoms with E-state index in [9.17, 15) is 31.7 Å². The van der Waals surface area contributed by atoms with Crippen molar-refractivity contribution in [2.75, 3.05) is 26.7 Å². The van der Waals surface area contributed by atoms with Gasteiger partial charge in [0.2, 0.25) is 10.0 Å². The van der Waals surface area contributed by atoms with E-state index in [4.69, 9.17) is 4.74 Å². The number of rotatable bonds is 6. The van der Waals surface area contributed by atoms with E-state index in [0.717, 1.165) is 17.0 Å². The topological polar surface area (TPSA) is 102 Å². The maximum atomic E-state index is 12.4. The maximum Gasteiger partial charge on any atom is 0.401 e. The highest BCUT2D eigenvalue weighted by Crippen LogP contribution is 2.29. The Kier molecular flexibility index (Phi) is 5.54. The summed E-state index contributed by atoms with van der Waals surface area (Å²) in [5.41, 5.74) is -0.669. The van der Waals surface area contributed by atoms with Crippen LogP contribution in [0.25, 0.3) is 0 Å². The van der Waals surface area contributed by atoms with E-state index in [1.54, 1.807) is 0 Å². The number of hydrogen-bond acceptors (Lipinski definition) is 6. The van der Waals surface area contributed by atoms with Crippen molar-refractivity contribution in [2.24, 2.45) is 0 Å². The number of nitrogens with one attached hydrogen (secondary N) is 1. The van der Waals surface area contributed by atoms with Gasteiger partial charge in [-0.1, -0.05) is 0 Å². The van der Waals surface area contributed by atoms with Gasteiger partial charge in [0.15, 0.2) is 4.90 Å². The molecule has 2 rings (SSSR count). The molecule has 140 valence electrons. The molecule has 0 radical (unpaired) electrons. The molecule has 1 aromatic rings. The molecule has 1 aromatic carbocycles. The van der Waals surface area contributed by atoms with Crippen LogP contribution in [0.4, 0.5) is 18.9 Å². The fourth-order valence-corrected chi connectivity index (χ4v) is 4.02. The Morgan fingerprint density at radius 2 is 2.12 bits per heavy atom. The van der Waals surface area contributed by atoms with Crippen molar-refractivity contribution in [1.82, 2.24) is 9.62 Å². The average molecular weight is 383 g/mol. The maximum absolute atomic E-state index is 12.4. The fraction of sp³-hybridized carbons (Fsp3) is 0.538. The molecule has 1 N–H and O–H groups in total. The Labute approximate surface area is 141 Å². The summed E-state index contributed by atoms with van der Waals surface area (Å²) in [5.74, 6) is 0.114. The lowest BCUT2D eigenvalue weighted by Crippen LogP contribution is -2.39. The first-order valence-electron chi connectivity index (χ1n) is 7.16. The molecule has 1 atom stereocenters.